The van der Waals surface area contributed by atoms with Crippen molar-refractivity contribution < 1.29 is 19.1 Å². The Kier molecular flexibility index (Phi) is 8.13. The van der Waals surface area contributed by atoms with E-state index in [4.69, 9.17) is 4.74 Å². The van der Waals surface area contributed by atoms with Gasteiger partial charge in [-0.1, -0.05) is 54.6 Å². The van der Waals surface area contributed by atoms with E-state index in [1.807, 2.05) is 59.5 Å². The lowest BCUT2D eigenvalue weighted by atomic mass is 10.0. The molecule has 1 unspecified atom stereocenters. The van der Waals surface area contributed by atoms with Crippen LogP contribution in [0, 0.1) is 0 Å². The van der Waals surface area contributed by atoms with Gasteiger partial charge in [-0.2, -0.15) is 0 Å². The van der Waals surface area contributed by atoms with Crippen molar-refractivity contribution in [3.05, 3.63) is 95.6 Å². The highest BCUT2D eigenvalue weighted by atomic mass is 16.5. The quantitative estimate of drug-likeness (QED) is 0.489. The average molecular weight is 486 g/mol. The van der Waals surface area contributed by atoms with Crippen molar-refractivity contribution in [2.75, 3.05) is 38.6 Å². The predicted octanol–water partition coefficient (Wildman–Crippen LogP) is 3.96. The van der Waals surface area contributed by atoms with Crippen molar-refractivity contribution in [2.45, 2.75) is 19.4 Å². The van der Waals surface area contributed by atoms with Crippen molar-refractivity contribution in [2.24, 2.45) is 0 Å². The van der Waals surface area contributed by atoms with Gasteiger partial charge in [-0.3, -0.25) is 19.3 Å². The van der Waals surface area contributed by atoms with Gasteiger partial charge in [-0.15, -0.1) is 0 Å². The number of ether oxygens (including phenoxy) is 1. The summed E-state index contributed by atoms with van der Waals surface area (Å²) in [5, 5.41) is 2.99. The number of hydrogen-bond acceptors (Lipinski definition) is 5. The minimum Gasteiger partial charge on any atom is -0.497 e. The van der Waals surface area contributed by atoms with Crippen LogP contribution in [-0.2, 0) is 16.0 Å². The van der Waals surface area contributed by atoms with Gasteiger partial charge >= 0.3 is 0 Å². The Morgan fingerprint density at radius 2 is 1.61 bits per heavy atom. The molecule has 186 valence electrons. The average Bonchev–Trinajstić information content (AvgIpc) is 2.90. The number of anilines is 1. The number of methoxy groups -OCH3 is 1. The molecule has 1 heterocycles. The van der Waals surface area contributed by atoms with Crippen LogP contribution in [0.15, 0.2) is 78.9 Å². The first-order valence-corrected chi connectivity index (χ1v) is 12.1. The molecule has 0 bridgehead atoms. The second kappa shape index (κ2) is 11.6. The Bertz CT molecular complexity index is 1220. The molecule has 1 saturated heterocycles. The monoisotopic (exact) mass is 485 g/mol. The first-order valence-electron chi connectivity index (χ1n) is 12.1. The van der Waals surface area contributed by atoms with Gasteiger partial charge in [-0.25, -0.2) is 0 Å². The third kappa shape index (κ3) is 6.17. The van der Waals surface area contributed by atoms with Crippen molar-refractivity contribution >= 4 is 23.3 Å². The molecule has 0 aliphatic carbocycles. The van der Waals surface area contributed by atoms with Crippen LogP contribution < -0.4 is 10.1 Å². The summed E-state index contributed by atoms with van der Waals surface area (Å²) in [5.74, 6) is 0.568. The molecule has 0 spiro atoms. The van der Waals surface area contributed by atoms with Crippen molar-refractivity contribution in [3.8, 4) is 5.75 Å². The van der Waals surface area contributed by atoms with Crippen molar-refractivity contribution in [1.29, 1.82) is 0 Å². The smallest absolute Gasteiger partial charge is 0.246 e. The largest absolute Gasteiger partial charge is 0.497 e. The topological polar surface area (TPSA) is 79.0 Å². The summed E-state index contributed by atoms with van der Waals surface area (Å²) >= 11 is 0. The van der Waals surface area contributed by atoms with Crippen molar-refractivity contribution in [3.63, 3.8) is 0 Å². The summed E-state index contributed by atoms with van der Waals surface area (Å²) < 4.78 is 5.26. The first-order chi connectivity index (χ1) is 17.4. The minimum atomic E-state index is -0.511. The Hall–Kier alpha value is -3.97. The SMILES string of the molecule is COc1cccc(CC(=O)N2CCN(C(C(=O)Nc3cccc(C(C)=O)c3)c3ccccc3)CC2)c1. The van der Waals surface area contributed by atoms with Crippen LogP contribution in [0.5, 0.6) is 5.75 Å². The number of nitrogens with one attached hydrogen (secondary N) is 1. The summed E-state index contributed by atoms with van der Waals surface area (Å²) in [4.78, 5) is 42.1. The van der Waals surface area contributed by atoms with Gasteiger partial charge in [0.25, 0.3) is 0 Å². The number of Topliss-reactive ketones (excluding diaryl/α,β-unsaturated/α-hetero) is 1. The van der Waals surface area contributed by atoms with Gasteiger partial charge in [0.2, 0.25) is 11.8 Å². The van der Waals surface area contributed by atoms with Gasteiger partial charge in [0.1, 0.15) is 11.8 Å². The zero-order valence-electron chi connectivity index (χ0n) is 20.6. The number of piperazine rings is 1. The van der Waals surface area contributed by atoms with Crippen LogP contribution in [0.25, 0.3) is 0 Å². The normalized spacial score (nSPS) is 14.7. The molecule has 1 aliphatic heterocycles. The van der Waals surface area contributed by atoms with E-state index in [0.29, 0.717) is 43.9 Å². The lowest BCUT2D eigenvalue weighted by molar-refractivity contribution is -0.133. The third-order valence-electron chi connectivity index (χ3n) is 6.42. The van der Waals surface area contributed by atoms with E-state index in [0.717, 1.165) is 16.9 Å². The fraction of sp³-hybridized carbons (Fsp3) is 0.276. The van der Waals surface area contributed by atoms with Gasteiger partial charge in [0.15, 0.2) is 5.78 Å². The molecule has 7 heteroatoms. The molecule has 1 aliphatic rings. The van der Waals surface area contributed by atoms with E-state index in [1.165, 1.54) is 6.92 Å². The van der Waals surface area contributed by atoms with Crippen molar-refractivity contribution in [1.82, 2.24) is 9.80 Å². The van der Waals surface area contributed by atoms with E-state index in [9.17, 15) is 14.4 Å². The Morgan fingerprint density at radius 3 is 2.31 bits per heavy atom. The maximum Gasteiger partial charge on any atom is 0.246 e. The second-order valence-electron chi connectivity index (χ2n) is 8.88. The Morgan fingerprint density at radius 1 is 0.889 bits per heavy atom. The van der Waals surface area contributed by atoms with E-state index < -0.39 is 6.04 Å². The molecule has 0 radical (unpaired) electrons. The van der Waals surface area contributed by atoms with Gasteiger partial charge < -0.3 is 15.0 Å². The molecule has 0 saturated carbocycles. The molecule has 2 amide bonds. The number of hydrogen-bond donors (Lipinski definition) is 1. The molecule has 1 N–H and O–H groups in total. The van der Waals surface area contributed by atoms with Gasteiger partial charge in [-0.05, 0) is 42.3 Å². The van der Waals surface area contributed by atoms with Gasteiger partial charge in [0.05, 0.1) is 13.5 Å². The molecule has 7 nitrogen and oxygen atoms in total. The molecule has 0 aromatic heterocycles. The number of carbonyl (C=O) groups is 3. The van der Waals surface area contributed by atoms with E-state index in [-0.39, 0.29) is 17.6 Å². The summed E-state index contributed by atoms with van der Waals surface area (Å²) in [7, 11) is 1.61. The molecule has 3 aromatic rings. The Labute approximate surface area is 211 Å². The highest BCUT2D eigenvalue weighted by Crippen LogP contribution is 2.25. The van der Waals surface area contributed by atoms with E-state index in [1.54, 1.807) is 31.4 Å². The molecule has 1 fully saturated rings. The van der Waals surface area contributed by atoms with Crippen LogP contribution in [0.4, 0.5) is 5.69 Å². The summed E-state index contributed by atoms with van der Waals surface area (Å²) in [6.45, 7) is 3.73. The van der Waals surface area contributed by atoms with Crippen LogP contribution >= 0.6 is 0 Å². The number of nitrogens with zero attached hydrogens (tertiary/aromatic N) is 2. The zero-order chi connectivity index (χ0) is 25.5. The molecule has 3 aromatic carbocycles. The Balaban J connectivity index is 1.44. The van der Waals surface area contributed by atoms with Gasteiger partial charge in [0, 0.05) is 37.4 Å². The fourth-order valence-electron chi connectivity index (χ4n) is 4.49. The minimum absolute atomic E-state index is 0.0551. The third-order valence-corrected chi connectivity index (χ3v) is 6.42. The van der Waals surface area contributed by atoms with Crippen LogP contribution in [0.2, 0.25) is 0 Å². The first kappa shape index (κ1) is 25.1. The number of amides is 2. The number of benzene rings is 3. The highest BCUT2D eigenvalue weighted by molar-refractivity contribution is 5.98. The standard InChI is InChI=1S/C29H31N3O4/c1-21(33)24-11-7-12-25(20-24)30-29(35)28(23-9-4-3-5-10-23)32-16-14-31(15-17-32)27(34)19-22-8-6-13-26(18-22)36-2/h3-13,18,20,28H,14-17,19H2,1-2H3,(H,30,35). The van der Waals surface area contributed by atoms with Crippen LogP contribution in [-0.4, -0.2) is 60.7 Å². The summed E-state index contributed by atoms with van der Waals surface area (Å²) in [6, 6.07) is 23.6. The van der Waals surface area contributed by atoms with E-state index >= 15 is 0 Å². The highest BCUT2D eigenvalue weighted by Gasteiger charge is 2.31. The molecule has 36 heavy (non-hydrogen) atoms. The number of carbonyl (C=O) groups excluding carboxylic acids is 3. The molecule has 4 rings (SSSR count). The molecular formula is C29H31N3O4. The number of ketones is 1. The fourth-order valence-corrected chi connectivity index (χ4v) is 4.49. The summed E-state index contributed by atoms with van der Waals surface area (Å²) in [5.41, 5.74) is 2.93. The van der Waals surface area contributed by atoms with Crippen LogP contribution in [0.3, 0.4) is 0 Å². The van der Waals surface area contributed by atoms with Crippen LogP contribution in [0.1, 0.15) is 34.5 Å². The van der Waals surface area contributed by atoms with E-state index in [2.05, 4.69) is 10.2 Å². The predicted molar refractivity (Wildman–Crippen MR) is 139 cm³/mol. The zero-order valence-corrected chi connectivity index (χ0v) is 20.6. The lowest BCUT2D eigenvalue weighted by Crippen LogP contribution is -2.52. The summed E-state index contributed by atoms with van der Waals surface area (Å²) in [6.07, 6.45) is 0.312. The molecule has 1 atom stereocenters. The maximum absolute atomic E-state index is 13.5. The maximum atomic E-state index is 13.5. The lowest BCUT2D eigenvalue weighted by Gasteiger charge is -2.39. The number of rotatable bonds is 8. The molecular weight excluding hydrogens is 454 g/mol. The second-order valence-corrected chi connectivity index (χ2v) is 8.88.